The smallest absolute Gasteiger partial charge is 0.143 e. The van der Waals surface area contributed by atoms with E-state index in [4.69, 9.17) is 4.42 Å². The Morgan fingerprint density at radius 3 is 1.98 bits per heavy atom. The highest BCUT2D eigenvalue weighted by Gasteiger charge is 2.25. The summed E-state index contributed by atoms with van der Waals surface area (Å²) in [6.45, 7) is 0. The number of nitrogens with zero attached hydrogens (tertiary/aromatic N) is 2. The van der Waals surface area contributed by atoms with Crippen molar-refractivity contribution in [2.45, 2.75) is 12.3 Å². The van der Waals surface area contributed by atoms with Crippen molar-refractivity contribution in [1.82, 2.24) is 4.57 Å². The molecule has 1 unspecified atom stereocenters. The minimum absolute atomic E-state index is 0.322. The molecule has 11 rings (SSSR count). The van der Waals surface area contributed by atoms with Crippen LogP contribution in [0.2, 0.25) is 0 Å². The minimum atomic E-state index is 0.322. The van der Waals surface area contributed by atoms with E-state index in [-0.39, 0.29) is 0 Å². The third-order valence-electron chi connectivity index (χ3n) is 11.3. The van der Waals surface area contributed by atoms with E-state index in [0.717, 1.165) is 67.6 Å². The highest BCUT2D eigenvalue weighted by molar-refractivity contribution is 6.16. The number of para-hydroxylation sites is 5. The van der Waals surface area contributed by atoms with Gasteiger partial charge in [-0.1, -0.05) is 146 Å². The second kappa shape index (κ2) is 12.8. The lowest BCUT2D eigenvalue weighted by Crippen LogP contribution is -2.20. The van der Waals surface area contributed by atoms with Gasteiger partial charge in [-0.25, -0.2) is 0 Å². The summed E-state index contributed by atoms with van der Waals surface area (Å²) in [6, 6.07) is 65.5. The third-order valence-corrected chi connectivity index (χ3v) is 11.3. The predicted molar refractivity (Wildman–Crippen MR) is 231 cm³/mol. The average Bonchev–Trinajstić information content (AvgIpc) is 3.81. The molecule has 0 amide bonds. The lowest BCUT2D eigenvalue weighted by molar-refractivity contribution is 0.672. The normalized spacial score (nSPS) is 14.3. The van der Waals surface area contributed by atoms with Gasteiger partial charge >= 0.3 is 0 Å². The van der Waals surface area contributed by atoms with E-state index >= 15 is 0 Å². The summed E-state index contributed by atoms with van der Waals surface area (Å²) < 4.78 is 8.98. The summed E-state index contributed by atoms with van der Waals surface area (Å²) in [4.78, 5) is 2.47. The van der Waals surface area contributed by atoms with Gasteiger partial charge in [-0.2, -0.15) is 0 Å². The number of rotatable bonds is 6. The maximum absolute atomic E-state index is 6.54. The molecule has 0 bridgehead atoms. The van der Waals surface area contributed by atoms with Crippen LogP contribution in [0.1, 0.15) is 17.9 Å². The Bertz CT molecular complexity index is 3090. The van der Waals surface area contributed by atoms with Crippen molar-refractivity contribution in [1.29, 1.82) is 0 Å². The Balaban J connectivity index is 1.13. The predicted octanol–water partition coefficient (Wildman–Crippen LogP) is 14.3. The molecule has 0 saturated carbocycles. The summed E-state index contributed by atoms with van der Waals surface area (Å²) in [5.74, 6) is 0.322. The van der Waals surface area contributed by atoms with Gasteiger partial charge in [-0.15, -0.1) is 0 Å². The SMILES string of the molecule is C1=CC(c2ccccc2)CC=C1N(c1ccccc1-c1ccc2oc3c4ccccc4ccc3c2c1)c1ccccc1-n1c2ccccc2c2ccccc21. The zero-order chi connectivity index (χ0) is 36.3. The first-order valence-electron chi connectivity index (χ1n) is 19.0. The van der Waals surface area contributed by atoms with Crippen LogP contribution in [0.25, 0.3) is 71.3 Å². The van der Waals surface area contributed by atoms with Crippen LogP contribution >= 0.6 is 0 Å². The number of furan rings is 1. The second-order valence-corrected chi connectivity index (χ2v) is 14.4. The molecular formula is C52H36N2O. The first kappa shape index (κ1) is 31.4. The molecule has 10 aromatic rings. The van der Waals surface area contributed by atoms with Crippen LogP contribution in [0.5, 0.6) is 0 Å². The van der Waals surface area contributed by atoms with Crippen molar-refractivity contribution in [3.63, 3.8) is 0 Å². The number of aromatic nitrogens is 1. The maximum Gasteiger partial charge on any atom is 0.143 e. The molecule has 1 aliphatic carbocycles. The molecule has 260 valence electrons. The fourth-order valence-corrected chi connectivity index (χ4v) is 8.74. The van der Waals surface area contributed by atoms with E-state index in [9.17, 15) is 0 Å². The average molecular weight is 705 g/mol. The van der Waals surface area contributed by atoms with Crippen LogP contribution in [-0.2, 0) is 0 Å². The largest absolute Gasteiger partial charge is 0.455 e. The van der Waals surface area contributed by atoms with Crippen molar-refractivity contribution in [3.05, 3.63) is 211 Å². The number of benzene rings is 8. The summed E-state index contributed by atoms with van der Waals surface area (Å²) in [7, 11) is 0. The Morgan fingerprint density at radius 2 is 1.20 bits per heavy atom. The molecule has 1 atom stereocenters. The summed E-state index contributed by atoms with van der Waals surface area (Å²) >= 11 is 0. The molecule has 1 aliphatic rings. The molecule has 3 nitrogen and oxygen atoms in total. The zero-order valence-corrected chi connectivity index (χ0v) is 30.1. The zero-order valence-electron chi connectivity index (χ0n) is 30.1. The van der Waals surface area contributed by atoms with E-state index in [1.54, 1.807) is 0 Å². The molecule has 3 heteroatoms. The van der Waals surface area contributed by atoms with E-state index < -0.39 is 0 Å². The van der Waals surface area contributed by atoms with Gasteiger partial charge in [0.1, 0.15) is 11.2 Å². The van der Waals surface area contributed by atoms with E-state index in [1.807, 2.05) is 0 Å². The van der Waals surface area contributed by atoms with Crippen LogP contribution < -0.4 is 4.90 Å². The Morgan fingerprint density at radius 1 is 0.527 bits per heavy atom. The van der Waals surface area contributed by atoms with Crippen molar-refractivity contribution in [3.8, 4) is 16.8 Å². The Labute approximate surface area is 319 Å². The van der Waals surface area contributed by atoms with Gasteiger partial charge in [-0.3, -0.25) is 0 Å². The molecule has 0 fully saturated rings. The number of anilines is 2. The van der Waals surface area contributed by atoms with Gasteiger partial charge in [0.25, 0.3) is 0 Å². The lowest BCUT2D eigenvalue weighted by atomic mass is 9.91. The molecule has 0 saturated heterocycles. The molecule has 8 aromatic carbocycles. The monoisotopic (exact) mass is 704 g/mol. The van der Waals surface area contributed by atoms with E-state index in [0.29, 0.717) is 5.92 Å². The molecule has 2 aromatic heterocycles. The van der Waals surface area contributed by atoms with Crippen molar-refractivity contribution >= 4 is 65.9 Å². The standard InChI is InChI=1S/C52H36N2O/c1-2-14-35(15-3-1)36-26-30-39(31-27-36)53(49-24-12-13-25-50(49)54-47-22-10-7-19-42(47)43-20-8-11-23-48(43)54)46-21-9-6-17-40(46)38-29-33-51-45(34-38)44-32-28-37-16-4-5-18-41(37)52(44)55-51/h1-26,28-34,36H,27H2. The fraction of sp³-hybridized carbons (Fsp3) is 0.0385. The summed E-state index contributed by atoms with van der Waals surface area (Å²) in [5, 5.41) is 7.06. The van der Waals surface area contributed by atoms with Crippen molar-refractivity contribution < 1.29 is 4.42 Å². The quantitative estimate of drug-likeness (QED) is 0.172. The van der Waals surface area contributed by atoms with Crippen LogP contribution in [0.3, 0.4) is 0 Å². The van der Waals surface area contributed by atoms with E-state index in [2.05, 4.69) is 210 Å². The van der Waals surface area contributed by atoms with Gasteiger partial charge < -0.3 is 13.9 Å². The highest BCUT2D eigenvalue weighted by Crippen LogP contribution is 2.45. The first-order valence-corrected chi connectivity index (χ1v) is 19.0. The third kappa shape index (κ3) is 5.12. The molecule has 0 N–H and O–H groups in total. The summed E-state index contributed by atoms with van der Waals surface area (Å²) in [6.07, 6.45) is 8.01. The van der Waals surface area contributed by atoms with Gasteiger partial charge in [0, 0.05) is 44.1 Å². The first-order chi connectivity index (χ1) is 27.3. The number of hydrogen-bond acceptors (Lipinski definition) is 2. The molecule has 0 spiro atoms. The molecule has 0 aliphatic heterocycles. The lowest BCUT2D eigenvalue weighted by Gasteiger charge is -2.32. The number of allylic oxidation sites excluding steroid dienone is 3. The van der Waals surface area contributed by atoms with Crippen LogP contribution in [0.4, 0.5) is 11.4 Å². The number of fused-ring (bicyclic) bond motifs is 8. The van der Waals surface area contributed by atoms with Gasteiger partial charge in [-0.05, 0) is 77.5 Å². The number of hydrogen-bond donors (Lipinski definition) is 0. The molecule has 2 heterocycles. The minimum Gasteiger partial charge on any atom is -0.455 e. The van der Waals surface area contributed by atoms with Crippen molar-refractivity contribution in [2.24, 2.45) is 0 Å². The van der Waals surface area contributed by atoms with Crippen molar-refractivity contribution in [2.75, 3.05) is 4.90 Å². The van der Waals surface area contributed by atoms with Crippen LogP contribution in [0, 0.1) is 0 Å². The van der Waals surface area contributed by atoms with Crippen LogP contribution in [0.15, 0.2) is 210 Å². The Kier molecular flexibility index (Phi) is 7.31. The maximum atomic E-state index is 6.54. The van der Waals surface area contributed by atoms with Crippen LogP contribution in [-0.4, -0.2) is 4.57 Å². The topological polar surface area (TPSA) is 21.3 Å². The Hall–Kier alpha value is -7.10. The van der Waals surface area contributed by atoms with Gasteiger partial charge in [0.2, 0.25) is 0 Å². The molecule has 55 heavy (non-hydrogen) atoms. The second-order valence-electron chi connectivity index (χ2n) is 14.4. The fourth-order valence-electron chi connectivity index (χ4n) is 8.74. The molecule has 0 radical (unpaired) electrons. The van der Waals surface area contributed by atoms with Gasteiger partial charge in [0.05, 0.1) is 28.1 Å². The van der Waals surface area contributed by atoms with E-state index in [1.165, 1.54) is 32.8 Å². The summed E-state index contributed by atoms with van der Waals surface area (Å²) in [5.41, 5.74) is 12.3. The highest BCUT2D eigenvalue weighted by atomic mass is 16.3. The molecular weight excluding hydrogens is 669 g/mol. The van der Waals surface area contributed by atoms with Gasteiger partial charge in [0.15, 0.2) is 0 Å².